The molecule has 23 heavy (non-hydrogen) atoms. The van der Waals surface area contributed by atoms with Gasteiger partial charge in [0.25, 0.3) is 5.91 Å². The van der Waals surface area contributed by atoms with Crippen LogP contribution in [0.1, 0.15) is 13.3 Å². The molecule has 0 aliphatic heterocycles. The van der Waals surface area contributed by atoms with Gasteiger partial charge in [-0.2, -0.15) is 0 Å². The van der Waals surface area contributed by atoms with E-state index < -0.39 is 0 Å². The summed E-state index contributed by atoms with van der Waals surface area (Å²) in [6.45, 7) is 2.65. The van der Waals surface area contributed by atoms with Crippen molar-refractivity contribution >= 4 is 11.6 Å². The highest BCUT2D eigenvalue weighted by molar-refractivity contribution is 5.91. The lowest BCUT2D eigenvalue weighted by Crippen LogP contribution is -2.20. The normalized spacial score (nSPS) is 10.0. The Hall–Kier alpha value is -2.76. The van der Waals surface area contributed by atoms with Crippen LogP contribution in [0.5, 0.6) is 17.4 Å². The number of anilines is 1. The summed E-state index contributed by atoms with van der Waals surface area (Å²) < 4.78 is 15.9. The monoisotopic (exact) mass is 316 g/mol. The minimum Gasteiger partial charge on any atom is -0.494 e. The van der Waals surface area contributed by atoms with E-state index in [4.69, 9.17) is 14.2 Å². The molecule has 0 spiro atoms. The van der Waals surface area contributed by atoms with Gasteiger partial charge in [-0.1, -0.05) is 6.92 Å². The molecule has 2 aromatic rings. The Kier molecular flexibility index (Phi) is 6.23. The van der Waals surface area contributed by atoms with Crippen LogP contribution in [-0.2, 0) is 4.79 Å². The number of methoxy groups -OCH3 is 1. The van der Waals surface area contributed by atoms with Gasteiger partial charge in [-0.25, -0.2) is 4.98 Å². The van der Waals surface area contributed by atoms with Crippen molar-refractivity contribution in [3.8, 4) is 17.4 Å². The van der Waals surface area contributed by atoms with E-state index in [1.807, 2.05) is 12.1 Å². The molecule has 1 amide bonds. The second kappa shape index (κ2) is 8.63. The number of nitrogens with zero attached hydrogens (tertiary/aromatic N) is 1. The zero-order valence-corrected chi connectivity index (χ0v) is 13.2. The minimum atomic E-state index is -0.261. The molecule has 0 saturated heterocycles. The molecule has 6 heteroatoms. The lowest BCUT2D eigenvalue weighted by molar-refractivity contribution is -0.118. The number of rotatable bonds is 8. The smallest absolute Gasteiger partial charge is 0.262 e. The van der Waals surface area contributed by atoms with Crippen LogP contribution in [-0.4, -0.2) is 31.2 Å². The van der Waals surface area contributed by atoms with Gasteiger partial charge < -0.3 is 19.5 Å². The highest BCUT2D eigenvalue weighted by Gasteiger charge is 2.05. The lowest BCUT2D eigenvalue weighted by Gasteiger charge is -2.09. The molecule has 1 aromatic heterocycles. The van der Waals surface area contributed by atoms with E-state index in [9.17, 15) is 4.79 Å². The van der Waals surface area contributed by atoms with Crippen molar-refractivity contribution < 1.29 is 19.0 Å². The van der Waals surface area contributed by atoms with Crippen molar-refractivity contribution in [1.82, 2.24) is 4.98 Å². The highest BCUT2D eigenvalue weighted by Crippen LogP contribution is 2.18. The fraction of sp³-hybridized carbons (Fsp3) is 0.294. The maximum Gasteiger partial charge on any atom is 0.262 e. The minimum absolute atomic E-state index is 0.0821. The SMILES string of the molecule is CCCOc1ccc(OCC(=O)Nc2ccc(OC)nc2)cc1. The Morgan fingerprint density at radius 2 is 1.78 bits per heavy atom. The van der Waals surface area contributed by atoms with Crippen LogP contribution in [0, 0.1) is 0 Å². The van der Waals surface area contributed by atoms with Gasteiger partial charge in [0, 0.05) is 6.07 Å². The summed E-state index contributed by atoms with van der Waals surface area (Å²) in [5, 5.41) is 2.70. The molecule has 122 valence electrons. The van der Waals surface area contributed by atoms with E-state index in [2.05, 4.69) is 17.2 Å². The number of hydrogen-bond donors (Lipinski definition) is 1. The van der Waals surface area contributed by atoms with Crippen molar-refractivity contribution in [2.45, 2.75) is 13.3 Å². The summed E-state index contributed by atoms with van der Waals surface area (Å²) in [5.41, 5.74) is 0.586. The van der Waals surface area contributed by atoms with E-state index >= 15 is 0 Å². The fourth-order valence-corrected chi connectivity index (χ4v) is 1.77. The van der Waals surface area contributed by atoms with Crippen LogP contribution in [0.15, 0.2) is 42.6 Å². The van der Waals surface area contributed by atoms with Gasteiger partial charge in [-0.15, -0.1) is 0 Å². The molecule has 1 heterocycles. The zero-order valence-electron chi connectivity index (χ0n) is 13.2. The first-order valence-electron chi connectivity index (χ1n) is 7.37. The Bertz CT molecular complexity index is 611. The molecule has 0 bridgehead atoms. The Morgan fingerprint density at radius 1 is 1.09 bits per heavy atom. The maximum atomic E-state index is 11.8. The van der Waals surface area contributed by atoms with Gasteiger partial charge in [0.15, 0.2) is 6.61 Å². The summed E-state index contributed by atoms with van der Waals surface area (Å²) in [6, 6.07) is 10.6. The molecular formula is C17H20N2O4. The second-order valence-electron chi connectivity index (χ2n) is 4.75. The standard InChI is InChI=1S/C17H20N2O4/c1-3-10-22-14-5-7-15(8-6-14)23-12-16(20)19-13-4-9-17(21-2)18-11-13/h4-9,11H,3,10,12H2,1-2H3,(H,19,20). The van der Waals surface area contributed by atoms with Crippen LogP contribution >= 0.6 is 0 Å². The van der Waals surface area contributed by atoms with Crippen molar-refractivity contribution in [3.63, 3.8) is 0 Å². The number of nitrogens with one attached hydrogen (secondary N) is 1. The molecule has 0 aliphatic rings. The van der Waals surface area contributed by atoms with Crippen molar-refractivity contribution in [1.29, 1.82) is 0 Å². The second-order valence-corrected chi connectivity index (χ2v) is 4.75. The quantitative estimate of drug-likeness (QED) is 0.811. The first-order chi connectivity index (χ1) is 11.2. The van der Waals surface area contributed by atoms with Gasteiger partial charge in [0.2, 0.25) is 5.88 Å². The third kappa shape index (κ3) is 5.50. The molecule has 0 radical (unpaired) electrons. The molecule has 2 rings (SSSR count). The van der Waals surface area contributed by atoms with Crippen LogP contribution < -0.4 is 19.5 Å². The highest BCUT2D eigenvalue weighted by atomic mass is 16.5. The van der Waals surface area contributed by atoms with Crippen LogP contribution in [0.25, 0.3) is 0 Å². The first-order valence-corrected chi connectivity index (χ1v) is 7.37. The number of benzene rings is 1. The van der Waals surface area contributed by atoms with Crippen LogP contribution in [0.2, 0.25) is 0 Å². The Morgan fingerprint density at radius 3 is 2.35 bits per heavy atom. The molecular weight excluding hydrogens is 296 g/mol. The number of pyridine rings is 1. The Labute approximate surface area is 135 Å². The van der Waals surface area contributed by atoms with E-state index in [0.29, 0.717) is 23.9 Å². The number of amides is 1. The molecule has 0 saturated carbocycles. The number of hydrogen-bond acceptors (Lipinski definition) is 5. The van der Waals surface area contributed by atoms with E-state index in [1.165, 1.54) is 13.3 Å². The average Bonchev–Trinajstić information content (AvgIpc) is 2.59. The molecule has 1 N–H and O–H groups in total. The summed E-state index contributed by atoms with van der Waals surface area (Å²) in [5.74, 6) is 1.62. The third-order valence-corrected chi connectivity index (χ3v) is 2.90. The third-order valence-electron chi connectivity index (χ3n) is 2.90. The van der Waals surface area contributed by atoms with Crippen molar-refractivity contribution in [3.05, 3.63) is 42.6 Å². The largest absolute Gasteiger partial charge is 0.494 e. The van der Waals surface area contributed by atoms with Crippen molar-refractivity contribution in [2.75, 3.05) is 25.6 Å². The van der Waals surface area contributed by atoms with E-state index in [1.54, 1.807) is 24.3 Å². The zero-order chi connectivity index (χ0) is 16.5. The number of aromatic nitrogens is 1. The summed E-state index contributed by atoms with van der Waals surface area (Å²) in [6.07, 6.45) is 2.48. The molecule has 1 aromatic carbocycles. The fourth-order valence-electron chi connectivity index (χ4n) is 1.77. The number of carbonyl (C=O) groups is 1. The lowest BCUT2D eigenvalue weighted by atomic mass is 10.3. The van der Waals surface area contributed by atoms with E-state index in [-0.39, 0.29) is 12.5 Å². The molecule has 6 nitrogen and oxygen atoms in total. The first kappa shape index (κ1) is 16.6. The topological polar surface area (TPSA) is 69.7 Å². The van der Waals surface area contributed by atoms with Crippen molar-refractivity contribution in [2.24, 2.45) is 0 Å². The number of carbonyl (C=O) groups excluding carboxylic acids is 1. The van der Waals surface area contributed by atoms with Gasteiger partial charge in [-0.3, -0.25) is 4.79 Å². The van der Waals surface area contributed by atoms with E-state index in [0.717, 1.165) is 12.2 Å². The van der Waals surface area contributed by atoms with Gasteiger partial charge in [0.1, 0.15) is 11.5 Å². The molecule has 0 fully saturated rings. The molecule has 0 aliphatic carbocycles. The van der Waals surface area contributed by atoms with Gasteiger partial charge in [-0.05, 0) is 36.8 Å². The van der Waals surface area contributed by atoms with Crippen LogP contribution in [0.4, 0.5) is 5.69 Å². The predicted octanol–water partition coefficient (Wildman–Crippen LogP) is 2.90. The molecule has 0 unspecified atom stereocenters. The molecule has 0 atom stereocenters. The predicted molar refractivity (Wildman–Crippen MR) is 87.1 cm³/mol. The van der Waals surface area contributed by atoms with Gasteiger partial charge >= 0.3 is 0 Å². The average molecular weight is 316 g/mol. The Balaban J connectivity index is 1.79. The maximum absolute atomic E-state index is 11.8. The summed E-state index contributed by atoms with van der Waals surface area (Å²) >= 11 is 0. The summed E-state index contributed by atoms with van der Waals surface area (Å²) in [4.78, 5) is 15.8. The number of ether oxygens (including phenoxy) is 3. The van der Waals surface area contributed by atoms with Crippen LogP contribution in [0.3, 0.4) is 0 Å². The van der Waals surface area contributed by atoms with Gasteiger partial charge in [0.05, 0.1) is 25.6 Å². The summed E-state index contributed by atoms with van der Waals surface area (Å²) in [7, 11) is 1.53.